The molecule has 1 aromatic carbocycles. The first-order chi connectivity index (χ1) is 13.0. The van der Waals surface area contributed by atoms with Crippen LogP contribution in [0.25, 0.3) is 10.9 Å². The molecule has 3 aromatic rings. The summed E-state index contributed by atoms with van der Waals surface area (Å²) in [6, 6.07) is 6.60. The zero-order valence-electron chi connectivity index (χ0n) is 15.4. The number of ether oxygens (including phenoxy) is 1. The van der Waals surface area contributed by atoms with Crippen molar-refractivity contribution in [3.8, 4) is 0 Å². The molecule has 2 aromatic heterocycles. The number of pyridine rings is 1. The number of hydrogen-bond acceptors (Lipinski definition) is 5. The van der Waals surface area contributed by atoms with Gasteiger partial charge in [0.15, 0.2) is 0 Å². The number of nitrogens with zero attached hydrogens (tertiary/aromatic N) is 1. The number of aromatic nitrogens is 1. The highest BCUT2D eigenvalue weighted by atomic mass is 16.5. The molecule has 140 valence electrons. The Balaban J connectivity index is 2.06. The lowest BCUT2D eigenvalue weighted by Crippen LogP contribution is -2.21. The van der Waals surface area contributed by atoms with E-state index in [9.17, 15) is 14.4 Å². The highest BCUT2D eigenvalue weighted by Crippen LogP contribution is 2.20. The van der Waals surface area contributed by atoms with Crippen LogP contribution in [-0.4, -0.2) is 23.1 Å². The minimum atomic E-state index is -0.657. The summed E-state index contributed by atoms with van der Waals surface area (Å²) in [6.07, 6.45) is 2.95. The number of rotatable bonds is 5. The van der Waals surface area contributed by atoms with E-state index in [4.69, 9.17) is 9.15 Å². The van der Waals surface area contributed by atoms with Gasteiger partial charge in [0.25, 0.3) is 5.91 Å². The maximum atomic E-state index is 12.8. The van der Waals surface area contributed by atoms with Crippen molar-refractivity contribution in [1.82, 2.24) is 4.57 Å². The van der Waals surface area contributed by atoms with Gasteiger partial charge in [0.05, 0.1) is 24.0 Å². The Bertz CT molecular complexity index is 1080. The highest BCUT2D eigenvalue weighted by molar-refractivity contribution is 6.06. The Morgan fingerprint density at radius 2 is 1.96 bits per heavy atom. The van der Waals surface area contributed by atoms with E-state index in [1.165, 1.54) is 12.5 Å². The number of amides is 1. The van der Waals surface area contributed by atoms with Crippen molar-refractivity contribution in [3.05, 3.63) is 63.8 Å². The normalized spacial score (nSPS) is 10.8. The van der Waals surface area contributed by atoms with Gasteiger partial charge in [-0.3, -0.25) is 9.59 Å². The number of esters is 1. The predicted octanol–water partition coefficient (Wildman–Crippen LogP) is 3.35. The Labute approximate surface area is 155 Å². The van der Waals surface area contributed by atoms with E-state index in [1.807, 2.05) is 6.92 Å². The maximum Gasteiger partial charge on any atom is 0.343 e. The van der Waals surface area contributed by atoms with E-state index < -0.39 is 11.4 Å². The lowest BCUT2D eigenvalue weighted by Gasteiger charge is -2.12. The fourth-order valence-electron chi connectivity index (χ4n) is 2.91. The van der Waals surface area contributed by atoms with Gasteiger partial charge < -0.3 is 19.0 Å². The van der Waals surface area contributed by atoms with E-state index in [2.05, 4.69) is 5.32 Å². The third kappa shape index (κ3) is 3.48. The number of furan rings is 1. The fourth-order valence-corrected chi connectivity index (χ4v) is 2.91. The Morgan fingerprint density at radius 1 is 1.19 bits per heavy atom. The van der Waals surface area contributed by atoms with Gasteiger partial charge >= 0.3 is 5.97 Å². The van der Waals surface area contributed by atoms with Crippen LogP contribution in [0.2, 0.25) is 0 Å². The summed E-state index contributed by atoms with van der Waals surface area (Å²) in [7, 11) is 0. The summed E-state index contributed by atoms with van der Waals surface area (Å²) in [5.74, 6) is -0.487. The van der Waals surface area contributed by atoms with Gasteiger partial charge in [-0.05, 0) is 45.0 Å². The predicted molar refractivity (Wildman–Crippen MR) is 101 cm³/mol. The number of fused-ring (bicyclic) bond motifs is 1. The number of hydrogen-bond donors (Lipinski definition) is 1. The second-order valence-corrected chi connectivity index (χ2v) is 5.95. The summed E-state index contributed by atoms with van der Waals surface area (Å²) in [6.45, 7) is 6.05. The second kappa shape index (κ2) is 7.49. The molecule has 1 amide bonds. The summed E-state index contributed by atoms with van der Waals surface area (Å²) in [4.78, 5) is 37.3. The molecule has 0 saturated carbocycles. The third-order valence-corrected chi connectivity index (χ3v) is 4.28. The van der Waals surface area contributed by atoms with Gasteiger partial charge in [0.2, 0.25) is 5.43 Å². The number of aryl methyl sites for hydroxylation is 2. The average Bonchev–Trinajstić information content (AvgIpc) is 3.08. The number of carbonyl (C=O) groups is 2. The first-order valence-corrected chi connectivity index (χ1v) is 8.66. The van der Waals surface area contributed by atoms with Crippen LogP contribution >= 0.6 is 0 Å². The molecule has 3 rings (SSSR count). The maximum absolute atomic E-state index is 12.8. The Kier molecular flexibility index (Phi) is 5.12. The zero-order valence-corrected chi connectivity index (χ0v) is 15.4. The molecule has 0 radical (unpaired) electrons. The standard InChI is InChI=1S/C20H20N2O5/c1-4-22-11-16(20(25)26-5-2)18(23)15-10-13(6-7-17(15)22)21-19(24)14-8-9-27-12(14)3/h6-11H,4-5H2,1-3H3,(H,21,24). The van der Waals surface area contributed by atoms with Crippen molar-refractivity contribution >= 4 is 28.5 Å². The second-order valence-electron chi connectivity index (χ2n) is 5.95. The van der Waals surface area contributed by atoms with Crippen LogP contribution in [0.1, 0.15) is 40.3 Å². The molecule has 1 N–H and O–H groups in total. The molecular weight excluding hydrogens is 348 g/mol. The molecule has 0 atom stereocenters. The monoisotopic (exact) mass is 368 g/mol. The minimum absolute atomic E-state index is 0.0274. The smallest absolute Gasteiger partial charge is 0.343 e. The quantitative estimate of drug-likeness (QED) is 0.698. The highest BCUT2D eigenvalue weighted by Gasteiger charge is 2.17. The molecule has 0 unspecified atom stereocenters. The van der Waals surface area contributed by atoms with Gasteiger partial charge in [-0.2, -0.15) is 0 Å². The average molecular weight is 368 g/mol. The van der Waals surface area contributed by atoms with Crippen LogP contribution in [0.5, 0.6) is 0 Å². The molecule has 2 heterocycles. The van der Waals surface area contributed by atoms with E-state index in [0.29, 0.717) is 34.5 Å². The van der Waals surface area contributed by atoms with Crippen molar-refractivity contribution in [2.75, 3.05) is 11.9 Å². The van der Waals surface area contributed by atoms with Crippen LogP contribution < -0.4 is 10.7 Å². The van der Waals surface area contributed by atoms with Gasteiger partial charge in [0, 0.05) is 23.8 Å². The Hall–Kier alpha value is -3.35. The van der Waals surface area contributed by atoms with Gasteiger partial charge in [-0.15, -0.1) is 0 Å². The SMILES string of the molecule is CCOC(=O)c1cn(CC)c2ccc(NC(=O)c3ccoc3C)cc2c1=O. The molecule has 0 spiro atoms. The first kappa shape index (κ1) is 18.4. The summed E-state index contributed by atoms with van der Waals surface area (Å²) in [5, 5.41) is 3.09. The van der Waals surface area contributed by atoms with Crippen LogP contribution in [0, 0.1) is 6.92 Å². The van der Waals surface area contributed by atoms with Crippen LogP contribution in [0.4, 0.5) is 5.69 Å². The molecule has 0 aliphatic rings. The lowest BCUT2D eigenvalue weighted by atomic mass is 10.1. The number of anilines is 1. The minimum Gasteiger partial charge on any atom is -0.469 e. The topological polar surface area (TPSA) is 90.5 Å². The van der Waals surface area contributed by atoms with Crippen molar-refractivity contribution in [1.29, 1.82) is 0 Å². The van der Waals surface area contributed by atoms with Crippen molar-refractivity contribution in [2.45, 2.75) is 27.3 Å². The molecule has 0 aliphatic heterocycles. The molecule has 0 bridgehead atoms. The summed E-state index contributed by atoms with van der Waals surface area (Å²) >= 11 is 0. The molecule has 0 saturated heterocycles. The van der Waals surface area contributed by atoms with Gasteiger partial charge in [0.1, 0.15) is 11.3 Å². The summed E-state index contributed by atoms with van der Waals surface area (Å²) < 4.78 is 11.9. The van der Waals surface area contributed by atoms with Gasteiger partial charge in [-0.25, -0.2) is 4.79 Å². The molecule has 7 heteroatoms. The largest absolute Gasteiger partial charge is 0.469 e. The molecule has 0 fully saturated rings. The van der Waals surface area contributed by atoms with Crippen LogP contribution in [0.15, 0.2) is 45.9 Å². The number of nitrogens with one attached hydrogen (secondary N) is 1. The Morgan fingerprint density at radius 3 is 2.59 bits per heavy atom. The van der Waals surface area contributed by atoms with E-state index in [0.717, 1.165) is 0 Å². The molecule has 7 nitrogen and oxygen atoms in total. The fraction of sp³-hybridized carbons (Fsp3) is 0.250. The molecule has 27 heavy (non-hydrogen) atoms. The first-order valence-electron chi connectivity index (χ1n) is 8.66. The van der Waals surface area contributed by atoms with Crippen molar-refractivity contribution in [2.24, 2.45) is 0 Å². The van der Waals surface area contributed by atoms with E-state index >= 15 is 0 Å². The van der Waals surface area contributed by atoms with E-state index in [1.54, 1.807) is 42.7 Å². The molecular formula is C20H20N2O5. The van der Waals surface area contributed by atoms with Crippen LogP contribution in [0.3, 0.4) is 0 Å². The summed E-state index contributed by atoms with van der Waals surface area (Å²) in [5.41, 5.74) is 1.09. The number of carbonyl (C=O) groups excluding carboxylic acids is 2. The number of benzene rings is 1. The van der Waals surface area contributed by atoms with Gasteiger partial charge in [-0.1, -0.05) is 0 Å². The molecule has 0 aliphatic carbocycles. The zero-order chi connectivity index (χ0) is 19.6. The third-order valence-electron chi connectivity index (χ3n) is 4.28. The van der Waals surface area contributed by atoms with Crippen molar-refractivity contribution < 1.29 is 18.7 Å². The van der Waals surface area contributed by atoms with Crippen LogP contribution in [-0.2, 0) is 11.3 Å². The lowest BCUT2D eigenvalue weighted by molar-refractivity contribution is 0.0524. The van der Waals surface area contributed by atoms with E-state index in [-0.39, 0.29) is 18.1 Å². The van der Waals surface area contributed by atoms with Crippen molar-refractivity contribution in [3.63, 3.8) is 0 Å².